The summed E-state index contributed by atoms with van der Waals surface area (Å²) in [6.07, 6.45) is 1.12. The Morgan fingerprint density at radius 2 is 1.77 bits per heavy atom. The van der Waals surface area contributed by atoms with Gasteiger partial charge in [0.15, 0.2) is 0 Å². The summed E-state index contributed by atoms with van der Waals surface area (Å²) in [5.41, 5.74) is 2.36. The van der Waals surface area contributed by atoms with Crippen LogP contribution < -0.4 is 14.8 Å². The quantitative estimate of drug-likeness (QED) is 0.717. The first-order chi connectivity index (χ1) is 10.7. The fourth-order valence-electron chi connectivity index (χ4n) is 2.30. The van der Waals surface area contributed by atoms with Crippen molar-refractivity contribution in [2.24, 2.45) is 0 Å². The van der Waals surface area contributed by atoms with Gasteiger partial charge in [0, 0.05) is 12.2 Å². The summed E-state index contributed by atoms with van der Waals surface area (Å²) >= 11 is 0. The predicted molar refractivity (Wildman–Crippen MR) is 92.1 cm³/mol. The van der Waals surface area contributed by atoms with Gasteiger partial charge in [-0.2, -0.15) is 0 Å². The number of hydrogen-bond acceptors (Lipinski definition) is 3. The molecule has 22 heavy (non-hydrogen) atoms. The number of rotatable bonds is 8. The highest BCUT2D eigenvalue weighted by Gasteiger charge is 2.09. The molecule has 0 aliphatic heterocycles. The van der Waals surface area contributed by atoms with Crippen molar-refractivity contribution in [1.82, 2.24) is 0 Å². The summed E-state index contributed by atoms with van der Waals surface area (Å²) in [7, 11) is 1.67. The molecule has 0 aromatic heterocycles. The molecule has 2 aromatic rings. The Morgan fingerprint density at radius 1 is 1.05 bits per heavy atom. The van der Waals surface area contributed by atoms with E-state index in [4.69, 9.17) is 9.47 Å². The third kappa shape index (κ3) is 4.42. The molecule has 1 atom stereocenters. The molecule has 1 unspecified atom stereocenters. The molecule has 0 amide bonds. The van der Waals surface area contributed by atoms with Gasteiger partial charge in [-0.25, -0.2) is 0 Å². The minimum atomic E-state index is 0.519. The third-order valence-corrected chi connectivity index (χ3v) is 3.84. The lowest BCUT2D eigenvalue weighted by Gasteiger charge is -2.16. The fourth-order valence-corrected chi connectivity index (χ4v) is 2.30. The van der Waals surface area contributed by atoms with Crippen molar-refractivity contribution >= 4 is 5.69 Å². The van der Waals surface area contributed by atoms with Crippen molar-refractivity contribution in [3.63, 3.8) is 0 Å². The average molecular weight is 299 g/mol. The van der Waals surface area contributed by atoms with Gasteiger partial charge >= 0.3 is 0 Å². The zero-order chi connectivity index (χ0) is 15.8. The van der Waals surface area contributed by atoms with Gasteiger partial charge in [0.1, 0.15) is 18.1 Å². The second-order valence-corrected chi connectivity index (χ2v) is 5.35. The van der Waals surface area contributed by atoms with Gasteiger partial charge in [0.25, 0.3) is 0 Å². The maximum atomic E-state index is 5.94. The number of anilines is 1. The maximum Gasteiger partial charge on any atom is 0.122 e. The molecule has 0 aliphatic rings. The van der Waals surface area contributed by atoms with Gasteiger partial charge in [-0.05, 0) is 48.2 Å². The first kappa shape index (κ1) is 16.2. The molecule has 118 valence electrons. The van der Waals surface area contributed by atoms with E-state index in [0.29, 0.717) is 12.5 Å². The normalized spacial score (nSPS) is 11.8. The standard InChI is InChI=1S/C19H25NO2/c1-4-15(2)18-7-5-6-8-19(18)22-14-13-20-16-9-11-17(21-3)12-10-16/h5-12,15,20H,4,13-14H2,1-3H3. The minimum absolute atomic E-state index is 0.519. The molecule has 0 saturated carbocycles. The van der Waals surface area contributed by atoms with E-state index >= 15 is 0 Å². The molecule has 2 rings (SSSR count). The van der Waals surface area contributed by atoms with Crippen molar-refractivity contribution in [3.8, 4) is 11.5 Å². The summed E-state index contributed by atoms with van der Waals surface area (Å²) in [5.74, 6) is 2.38. The summed E-state index contributed by atoms with van der Waals surface area (Å²) in [4.78, 5) is 0. The molecule has 0 bridgehead atoms. The molecule has 0 saturated heterocycles. The van der Waals surface area contributed by atoms with E-state index in [1.165, 1.54) is 5.56 Å². The van der Waals surface area contributed by atoms with E-state index in [1.807, 2.05) is 30.3 Å². The van der Waals surface area contributed by atoms with E-state index < -0.39 is 0 Å². The topological polar surface area (TPSA) is 30.5 Å². The molecule has 0 heterocycles. The maximum absolute atomic E-state index is 5.94. The van der Waals surface area contributed by atoms with Crippen molar-refractivity contribution < 1.29 is 9.47 Å². The zero-order valence-corrected chi connectivity index (χ0v) is 13.6. The SMILES string of the molecule is CCC(C)c1ccccc1OCCNc1ccc(OC)cc1. The van der Waals surface area contributed by atoms with Crippen molar-refractivity contribution in [2.45, 2.75) is 26.2 Å². The van der Waals surface area contributed by atoms with Crippen molar-refractivity contribution in [2.75, 3.05) is 25.6 Å². The number of benzene rings is 2. The monoisotopic (exact) mass is 299 g/mol. The highest BCUT2D eigenvalue weighted by atomic mass is 16.5. The Bertz CT molecular complexity index is 566. The molecule has 0 fully saturated rings. The first-order valence-corrected chi connectivity index (χ1v) is 7.84. The van der Waals surface area contributed by atoms with E-state index in [2.05, 4.69) is 37.4 Å². The average Bonchev–Trinajstić information content (AvgIpc) is 2.59. The summed E-state index contributed by atoms with van der Waals surface area (Å²) < 4.78 is 11.1. The molecule has 2 aromatic carbocycles. The van der Waals surface area contributed by atoms with Gasteiger partial charge in [-0.1, -0.05) is 32.0 Å². The second-order valence-electron chi connectivity index (χ2n) is 5.35. The largest absolute Gasteiger partial charge is 0.497 e. The Hall–Kier alpha value is -2.16. The van der Waals surface area contributed by atoms with Gasteiger partial charge < -0.3 is 14.8 Å². The van der Waals surface area contributed by atoms with Crippen LogP contribution in [0, 0.1) is 0 Å². The summed E-state index contributed by atoms with van der Waals surface area (Å²) in [6, 6.07) is 16.2. The number of methoxy groups -OCH3 is 1. The minimum Gasteiger partial charge on any atom is -0.497 e. The lowest BCUT2D eigenvalue weighted by Crippen LogP contribution is -2.12. The van der Waals surface area contributed by atoms with E-state index in [0.717, 1.165) is 30.2 Å². The lowest BCUT2D eigenvalue weighted by atomic mass is 9.98. The Morgan fingerprint density at radius 3 is 2.45 bits per heavy atom. The third-order valence-electron chi connectivity index (χ3n) is 3.84. The molecule has 3 heteroatoms. The first-order valence-electron chi connectivity index (χ1n) is 7.84. The summed E-state index contributed by atoms with van der Waals surface area (Å²) in [6.45, 7) is 5.84. The van der Waals surface area contributed by atoms with Gasteiger partial charge in [-0.3, -0.25) is 0 Å². The smallest absolute Gasteiger partial charge is 0.122 e. The van der Waals surface area contributed by atoms with Crippen LogP contribution in [0.2, 0.25) is 0 Å². The number of ether oxygens (including phenoxy) is 2. The van der Waals surface area contributed by atoms with Gasteiger partial charge in [0.05, 0.1) is 7.11 Å². The highest BCUT2D eigenvalue weighted by Crippen LogP contribution is 2.28. The van der Waals surface area contributed by atoms with E-state index in [1.54, 1.807) is 7.11 Å². The fraction of sp³-hybridized carbons (Fsp3) is 0.368. The lowest BCUT2D eigenvalue weighted by molar-refractivity contribution is 0.327. The van der Waals surface area contributed by atoms with E-state index in [-0.39, 0.29) is 0 Å². The zero-order valence-electron chi connectivity index (χ0n) is 13.6. The van der Waals surface area contributed by atoms with Crippen molar-refractivity contribution in [1.29, 1.82) is 0 Å². The predicted octanol–water partition coefficient (Wildman–Crippen LogP) is 4.70. The molecule has 0 aliphatic carbocycles. The Balaban J connectivity index is 1.83. The molecule has 1 N–H and O–H groups in total. The van der Waals surface area contributed by atoms with Crippen molar-refractivity contribution in [3.05, 3.63) is 54.1 Å². The van der Waals surface area contributed by atoms with Gasteiger partial charge in [-0.15, -0.1) is 0 Å². The second kappa shape index (κ2) is 8.32. The highest BCUT2D eigenvalue weighted by molar-refractivity contribution is 5.46. The van der Waals surface area contributed by atoms with Crippen LogP contribution in [0.1, 0.15) is 31.7 Å². The Labute approximate surface area is 133 Å². The number of para-hydroxylation sites is 1. The van der Waals surface area contributed by atoms with Crippen LogP contribution in [0.25, 0.3) is 0 Å². The van der Waals surface area contributed by atoms with Crippen LogP contribution in [0.15, 0.2) is 48.5 Å². The van der Waals surface area contributed by atoms with Crippen LogP contribution in [0.3, 0.4) is 0 Å². The van der Waals surface area contributed by atoms with Crippen LogP contribution >= 0.6 is 0 Å². The van der Waals surface area contributed by atoms with Crippen LogP contribution in [0.4, 0.5) is 5.69 Å². The number of hydrogen-bond donors (Lipinski definition) is 1. The summed E-state index contributed by atoms with van der Waals surface area (Å²) in [5, 5.41) is 3.35. The Kier molecular flexibility index (Phi) is 6.13. The van der Waals surface area contributed by atoms with Crippen LogP contribution in [-0.2, 0) is 0 Å². The van der Waals surface area contributed by atoms with Crippen LogP contribution in [-0.4, -0.2) is 20.3 Å². The van der Waals surface area contributed by atoms with E-state index in [9.17, 15) is 0 Å². The molecule has 0 spiro atoms. The molecule has 0 radical (unpaired) electrons. The van der Waals surface area contributed by atoms with Crippen LogP contribution in [0.5, 0.6) is 11.5 Å². The van der Waals surface area contributed by atoms with Gasteiger partial charge in [0.2, 0.25) is 0 Å². The molecular formula is C19H25NO2. The number of nitrogens with one attached hydrogen (secondary N) is 1. The molecule has 3 nitrogen and oxygen atoms in total. The molecular weight excluding hydrogens is 274 g/mol.